The zero-order valence-electron chi connectivity index (χ0n) is 49.5. The molecule has 86 heavy (non-hydrogen) atoms. The maximum absolute atomic E-state index is 14.9. The van der Waals surface area contributed by atoms with Crippen molar-refractivity contribution >= 4 is 72.4 Å². The fourth-order valence-electron chi connectivity index (χ4n) is 11.5. The molecule has 2 bridgehead atoms. The molecule has 3 aliphatic carbocycles. The summed E-state index contributed by atoms with van der Waals surface area (Å²) in [5.74, 6) is -4.93. The molecule has 8 rings (SSSR count). The van der Waals surface area contributed by atoms with Gasteiger partial charge in [0.15, 0.2) is 23.2 Å². The second kappa shape index (κ2) is 29.4. The first kappa shape index (κ1) is 71.5. The summed E-state index contributed by atoms with van der Waals surface area (Å²) in [4.78, 5) is 86.0. The number of rotatable bonds is 16. The molecule has 1 aromatic heterocycles. The Morgan fingerprint density at radius 2 is 1.62 bits per heavy atom. The van der Waals surface area contributed by atoms with Crippen molar-refractivity contribution in [1.82, 2.24) is 30.1 Å². The number of hydrogen-bond donors (Lipinski definition) is 8. The van der Waals surface area contributed by atoms with E-state index >= 15 is 0 Å². The molecule has 2 aromatic carbocycles. The average molecular weight is 1450 g/mol. The summed E-state index contributed by atoms with van der Waals surface area (Å²) in [7, 11) is 0.575. The number of carbonyl (C=O) groups is 6. The standard InChI is InChI=1S/C43H53NO14.C7H15Cl2N2O2P.C6H10N6O.Pt/c1-22-26(55-37(51)32(48)30(24-15-11-9-12-16-24)44-38(52)58-39(3,4)5)20-43(53)35(56-36(50)25-17-13-10-14-18-25)33-41(8,34(49)31(47)29(22)40(43,6)7)27(46)19-28-42(33,21-54-28)57-23(2)45;8-2-5-11(6-3-9)14(12)10-4-1-7-13-14;1-12(2)11-10-6-4(5(7)13)8-3-9-6;/h9-18,26-28,30-33,35,46-48,53H,19-21H2,1-8H3,(H,44,52);1-7H2,(H,10,12);3H,1-2H3,(H2,7,13)(H,8,9);/t26-,27-,28+,30-,31+,32+,33-,35-,41+,42-,43+;;;/m0.../s1. The molecule has 26 nitrogen and oxygen atoms in total. The summed E-state index contributed by atoms with van der Waals surface area (Å²) >= 11 is 11.2. The number of ketones is 1. The van der Waals surface area contributed by atoms with Crippen molar-refractivity contribution in [2.45, 2.75) is 134 Å². The van der Waals surface area contributed by atoms with Gasteiger partial charge >= 0.3 is 31.7 Å². The van der Waals surface area contributed by atoms with Gasteiger partial charge in [-0.1, -0.05) is 67.6 Å². The van der Waals surface area contributed by atoms with Gasteiger partial charge in [0.05, 0.1) is 48.6 Å². The summed E-state index contributed by atoms with van der Waals surface area (Å²) in [6.45, 7) is 14.1. The van der Waals surface area contributed by atoms with Crippen LogP contribution in [0.5, 0.6) is 0 Å². The number of alkyl halides is 2. The Kier molecular flexibility index (Phi) is 24.5. The third-order valence-corrected chi connectivity index (χ3v) is 18.3. The van der Waals surface area contributed by atoms with E-state index in [0.717, 1.165) is 19.9 Å². The summed E-state index contributed by atoms with van der Waals surface area (Å²) < 4.78 is 48.7. The van der Waals surface area contributed by atoms with Crippen LogP contribution in [0.25, 0.3) is 0 Å². The number of nitrogens with zero attached hydrogens (tertiary/aromatic N) is 5. The number of Topliss-reactive ketones (excluding diaryl/α,β-unsaturated/α-hetero) is 1. The number of halogens is 2. The van der Waals surface area contributed by atoms with Crippen LogP contribution in [0.2, 0.25) is 0 Å². The average Bonchev–Trinajstić information content (AvgIpc) is 0.894. The molecule has 5 aliphatic rings. The number of nitrogens with two attached hydrogens (primary N) is 1. The van der Waals surface area contributed by atoms with E-state index in [0.29, 0.717) is 37.0 Å². The van der Waals surface area contributed by atoms with Gasteiger partial charge in [0.2, 0.25) is 5.82 Å². The Labute approximate surface area is 523 Å². The molecular weight excluding hydrogens is 1370 g/mol. The maximum atomic E-state index is 14.9. The maximum Gasteiger partial charge on any atom is 0.408 e. The van der Waals surface area contributed by atoms with Gasteiger partial charge in [-0.2, -0.15) is 0 Å². The predicted octanol–water partition coefficient (Wildman–Crippen LogP) is 5.21. The number of alkyl carbamates (subject to hydrolysis) is 1. The third-order valence-electron chi connectivity index (χ3n) is 15.7. The number of aromatic nitrogens is 2. The molecule has 12 atom stereocenters. The number of aliphatic hydroxyl groups is 4. The molecule has 3 heterocycles. The van der Waals surface area contributed by atoms with Crippen molar-refractivity contribution in [2.75, 3.05) is 58.7 Å². The Hall–Kier alpha value is -5.21. The topological polar surface area (TPSA) is 366 Å². The third kappa shape index (κ3) is 15.4. The van der Waals surface area contributed by atoms with E-state index in [1.54, 1.807) is 102 Å². The van der Waals surface area contributed by atoms with Gasteiger partial charge in [-0.25, -0.2) is 29.1 Å². The number of nitrogens with one attached hydrogen (secondary N) is 3. The molecule has 30 heteroatoms. The van der Waals surface area contributed by atoms with Gasteiger partial charge in [0.25, 0.3) is 5.91 Å². The van der Waals surface area contributed by atoms with Crippen molar-refractivity contribution in [2.24, 2.45) is 32.8 Å². The predicted molar refractivity (Wildman–Crippen MR) is 308 cm³/mol. The van der Waals surface area contributed by atoms with Crippen LogP contribution in [0, 0.1) is 16.7 Å². The van der Waals surface area contributed by atoms with Gasteiger partial charge in [0, 0.05) is 91.7 Å². The van der Waals surface area contributed by atoms with Crippen LogP contribution in [-0.4, -0.2) is 188 Å². The number of amides is 2. The number of carbonyl (C=O) groups excluding carboxylic acids is 6. The zero-order valence-corrected chi connectivity index (χ0v) is 54.1. The van der Waals surface area contributed by atoms with Gasteiger partial charge in [-0.05, 0) is 69.9 Å². The fraction of sp³-hybridized carbons (Fsp3) is 0.589. The van der Waals surface area contributed by atoms with E-state index in [1.165, 1.54) is 37.3 Å². The van der Waals surface area contributed by atoms with E-state index in [4.69, 9.17) is 57.1 Å². The Morgan fingerprint density at radius 1 is 1.00 bits per heavy atom. The molecule has 2 saturated carbocycles. The van der Waals surface area contributed by atoms with Gasteiger partial charge in [-0.3, -0.25) is 24.0 Å². The molecule has 2 aliphatic heterocycles. The van der Waals surface area contributed by atoms with E-state index in [-0.39, 0.29) is 62.3 Å². The minimum Gasteiger partial charge on any atom is -0.456 e. The Balaban J connectivity index is 0.000000393. The van der Waals surface area contributed by atoms with Gasteiger partial charge in [0.1, 0.15) is 35.6 Å². The van der Waals surface area contributed by atoms with Crippen LogP contribution in [0.4, 0.5) is 10.6 Å². The summed E-state index contributed by atoms with van der Waals surface area (Å²) in [5, 5.41) is 63.3. The number of esters is 3. The van der Waals surface area contributed by atoms with Crippen LogP contribution >= 0.6 is 30.9 Å². The molecule has 1 unspecified atom stereocenters. The SMILES string of the molecule is CC(=O)O[C@@]12CO[C@@H]1C[C@H](O)[C@@]1(C)C(=O)[C@H](O)C3=C(C)[C@@H](OC(=O)[C@H](O)[C@@H](NC(=O)OC(C)(C)C)c4ccccc4)C[C@@](O)([C@@H](OC(=O)c4ccccc4)[C@H]21)C3(C)C.CN(C)N=Nc1nc[nH]c1C(N)=O.O=P1(N(CCCl)CCCl)NCCCO1.[Pt]. The fourth-order valence-corrected chi connectivity index (χ4v) is 14.2. The number of aromatic amines is 1. The van der Waals surface area contributed by atoms with Gasteiger partial charge < -0.3 is 64.7 Å². The van der Waals surface area contributed by atoms with Gasteiger partial charge in [-0.15, -0.1) is 28.3 Å². The summed E-state index contributed by atoms with van der Waals surface area (Å²) in [6, 6.07) is 14.6. The van der Waals surface area contributed by atoms with E-state index < -0.39 is 126 Å². The first-order chi connectivity index (χ1) is 39.8. The number of aliphatic hydroxyl groups excluding tert-OH is 3. The minimum atomic E-state index is -2.84. The number of primary amides is 1. The summed E-state index contributed by atoms with van der Waals surface area (Å²) in [6.07, 6.45) is -9.26. The number of H-pyrrole nitrogens is 1. The van der Waals surface area contributed by atoms with Crippen molar-refractivity contribution in [1.29, 1.82) is 0 Å². The molecular formula is C56H78Cl2N9O17PPt. The molecule has 0 spiro atoms. The number of imidazole rings is 1. The first-order valence-corrected chi connectivity index (χ1v) is 30.1. The second-order valence-corrected chi connectivity index (χ2v) is 26.0. The van der Waals surface area contributed by atoms with Crippen molar-refractivity contribution < 1.29 is 103 Å². The molecule has 9 N–H and O–H groups in total. The minimum absolute atomic E-state index is 0. The van der Waals surface area contributed by atoms with Crippen molar-refractivity contribution in [3.63, 3.8) is 0 Å². The molecule has 478 valence electrons. The number of ether oxygens (including phenoxy) is 5. The second-order valence-electron chi connectivity index (χ2n) is 23.0. The number of benzene rings is 2. The first-order valence-electron chi connectivity index (χ1n) is 27.5. The summed E-state index contributed by atoms with van der Waals surface area (Å²) in [5.41, 5.74) is -2.94. The molecule has 0 radical (unpaired) electrons. The zero-order chi connectivity index (χ0) is 63.0. The molecule has 2 amide bonds. The molecule has 2 saturated heterocycles. The van der Waals surface area contributed by atoms with E-state index in [2.05, 4.69) is 30.7 Å². The van der Waals surface area contributed by atoms with Crippen LogP contribution in [0.15, 0.2) is 88.5 Å². The Bertz CT molecular complexity index is 2980. The van der Waals surface area contributed by atoms with Crippen LogP contribution in [0.1, 0.15) is 107 Å². The van der Waals surface area contributed by atoms with E-state index in [9.17, 15) is 53.8 Å². The van der Waals surface area contributed by atoms with E-state index in [1.807, 2.05) is 0 Å². The molecule has 3 aromatic rings. The quantitative estimate of drug-likeness (QED) is 0.0173. The molecule has 4 fully saturated rings. The van der Waals surface area contributed by atoms with Crippen LogP contribution in [0.3, 0.4) is 0 Å². The van der Waals surface area contributed by atoms with Crippen molar-refractivity contribution in [3.05, 3.63) is 95.0 Å². The monoisotopic (exact) mass is 1440 g/mol. The Morgan fingerprint density at radius 3 is 2.14 bits per heavy atom. The van der Waals surface area contributed by atoms with Crippen LogP contribution < -0.4 is 16.1 Å². The number of hydrogen-bond acceptors (Lipinski definition) is 20. The van der Waals surface area contributed by atoms with Crippen molar-refractivity contribution in [3.8, 4) is 0 Å². The largest absolute Gasteiger partial charge is 0.456 e. The smallest absolute Gasteiger partial charge is 0.408 e. The normalized spacial score (nSPS) is 28.9. The number of fused-ring (bicyclic) bond motifs is 5. The van der Waals surface area contributed by atoms with Crippen LogP contribution in [-0.2, 0) is 68.2 Å².